The summed E-state index contributed by atoms with van der Waals surface area (Å²) in [6.45, 7) is 5.37. The highest BCUT2D eigenvalue weighted by molar-refractivity contribution is 7.11. The molecule has 1 aliphatic rings. The average molecular weight is 253 g/mol. The molecule has 0 aromatic carbocycles. The Kier molecular flexibility index (Phi) is 2.70. The molecule has 7 heteroatoms. The summed E-state index contributed by atoms with van der Waals surface area (Å²) in [5.74, 6) is -1.69. The second-order valence-corrected chi connectivity index (χ2v) is 5.03. The van der Waals surface area contributed by atoms with Gasteiger partial charge in [0.25, 0.3) is 0 Å². The monoisotopic (exact) mass is 253 g/mol. The number of nitrogens with zero attached hydrogens (tertiary/aromatic N) is 2. The highest BCUT2D eigenvalue weighted by Gasteiger charge is 2.41. The number of hydrogen-bond acceptors (Lipinski definition) is 5. The van der Waals surface area contributed by atoms with Gasteiger partial charge in [0.2, 0.25) is 0 Å². The van der Waals surface area contributed by atoms with E-state index in [1.165, 1.54) is 11.3 Å². The van der Waals surface area contributed by atoms with Crippen molar-refractivity contribution in [2.24, 2.45) is 0 Å². The Morgan fingerprint density at radius 3 is 2.35 bits per heavy atom. The van der Waals surface area contributed by atoms with Gasteiger partial charge in [0.05, 0.1) is 21.6 Å². The topological polar surface area (TPSA) is 79.4 Å². The number of carbonyl (C=O) groups excluding carboxylic acids is 3. The third kappa shape index (κ3) is 1.82. The van der Waals surface area contributed by atoms with Crippen molar-refractivity contribution >= 4 is 29.2 Å². The predicted octanol–water partition coefficient (Wildman–Crippen LogP) is 0.899. The zero-order valence-corrected chi connectivity index (χ0v) is 10.4. The smallest absolute Gasteiger partial charge is 0.269 e. The Bertz CT molecular complexity index is 523. The standard InChI is InChI=1S/C10H11N3O3S/c1-4-7(17-6(3)11-4)5(2)13-9(15)8(14)12-10(13)16/h5H,1-3H3,(H,12,14,16). The normalized spacial score (nSPS) is 17.6. The number of nitrogens with one attached hydrogen (secondary N) is 1. The van der Waals surface area contributed by atoms with Crippen LogP contribution in [0.5, 0.6) is 0 Å². The van der Waals surface area contributed by atoms with Crippen LogP contribution in [-0.4, -0.2) is 27.7 Å². The zero-order chi connectivity index (χ0) is 12.7. The largest absolute Gasteiger partial charge is 0.332 e. The maximum absolute atomic E-state index is 11.5. The van der Waals surface area contributed by atoms with Crippen molar-refractivity contribution in [3.63, 3.8) is 0 Å². The number of aryl methyl sites for hydroxylation is 2. The molecule has 2 heterocycles. The summed E-state index contributed by atoms with van der Waals surface area (Å²) in [4.78, 5) is 40.1. The summed E-state index contributed by atoms with van der Waals surface area (Å²) in [6, 6.07) is -1.14. The first-order valence-electron chi connectivity index (χ1n) is 5.04. The van der Waals surface area contributed by atoms with E-state index in [0.29, 0.717) is 0 Å². The van der Waals surface area contributed by atoms with Gasteiger partial charge in [-0.1, -0.05) is 0 Å². The van der Waals surface area contributed by atoms with Gasteiger partial charge in [-0.05, 0) is 20.8 Å². The SMILES string of the molecule is Cc1nc(C)c(C(C)N2C(=O)NC(=O)C2=O)s1. The van der Waals surface area contributed by atoms with Crippen molar-refractivity contribution in [3.8, 4) is 0 Å². The average Bonchev–Trinajstić information content (AvgIpc) is 2.68. The first-order valence-corrected chi connectivity index (χ1v) is 5.86. The van der Waals surface area contributed by atoms with Crippen molar-refractivity contribution < 1.29 is 14.4 Å². The van der Waals surface area contributed by atoms with E-state index < -0.39 is 23.9 Å². The third-order valence-electron chi connectivity index (χ3n) is 2.56. The molecule has 1 aromatic heterocycles. The molecule has 0 bridgehead atoms. The summed E-state index contributed by atoms with van der Waals surface area (Å²) < 4.78 is 0. The number of hydrogen-bond donors (Lipinski definition) is 1. The number of imide groups is 2. The molecule has 0 spiro atoms. The van der Waals surface area contributed by atoms with Crippen LogP contribution >= 0.6 is 11.3 Å². The fraction of sp³-hybridized carbons (Fsp3) is 0.400. The second-order valence-electron chi connectivity index (χ2n) is 3.79. The molecule has 2 rings (SSSR count). The summed E-state index contributed by atoms with van der Waals surface area (Å²) in [5.41, 5.74) is 0.778. The molecule has 90 valence electrons. The van der Waals surface area contributed by atoms with Crippen molar-refractivity contribution in [1.29, 1.82) is 0 Å². The minimum atomic E-state index is -0.874. The molecule has 1 N–H and O–H groups in total. The van der Waals surface area contributed by atoms with Gasteiger partial charge >= 0.3 is 17.8 Å². The minimum absolute atomic E-state index is 0.472. The highest BCUT2D eigenvalue weighted by Crippen LogP contribution is 2.30. The van der Waals surface area contributed by atoms with Crippen LogP contribution in [0.1, 0.15) is 28.5 Å². The van der Waals surface area contributed by atoms with E-state index in [9.17, 15) is 14.4 Å². The Hall–Kier alpha value is -1.76. The van der Waals surface area contributed by atoms with Crippen molar-refractivity contribution in [3.05, 3.63) is 15.6 Å². The van der Waals surface area contributed by atoms with Gasteiger partial charge in [-0.3, -0.25) is 14.9 Å². The van der Waals surface area contributed by atoms with Crippen molar-refractivity contribution in [2.45, 2.75) is 26.8 Å². The lowest BCUT2D eigenvalue weighted by Crippen LogP contribution is -2.33. The Morgan fingerprint density at radius 2 is 1.94 bits per heavy atom. The van der Waals surface area contributed by atoms with Crippen LogP contribution in [0.2, 0.25) is 0 Å². The molecule has 1 aromatic rings. The van der Waals surface area contributed by atoms with Crippen LogP contribution in [0.3, 0.4) is 0 Å². The van der Waals surface area contributed by atoms with Gasteiger partial charge in [-0.25, -0.2) is 14.7 Å². The molecule has 0 saturated carbocycles. The molecule has 6 nitrogen and oxygen atoms in total. The predicted molar refractivity (Wildman–Crippen MR) is 60.4 cm³/mol. The van der Waals surface area contributed by atoms with E-state index in [1.807, 2.05) is 19.2 Å². The van der Waals surface area contributed by atoms with E-state index in [-0.39, 0.29) is 0 Å². The summed E-state index contributed by atoms with van der Waals surface area (Å²) in [5, 5.41) is 2.84. The summed E-state index contributed by atoms with van der Waals surface area (Å²) in [7, 11) is 0. The van der Waals surface area contributed by atoms with Crippen LogP contribution < -0.4 is 5.32 Å². The number of urea groups is 1. The molecule has 1 unspecified atom stereocenters. The molecule has 1 saturated heterocycles. The van der Waals surface area contributed by atoms with Crippen molar-refractivity contribution in [1.82, 2.24) is 15.2 Å². The van der Waals surface area contributed by atoms with Gasteiger partial charge in [0, 0.05) is 0 Å². The van der Waals surface area contributed by atoms with E-state index in [0.717, 1.165) is 20.5 Å². The zero-order valence-electron chi connectivity index (χ0n) is 9.60. The molecular formula is C10H11N3O3S. The lowest BCUT2D eigenvalue weighted by atomic mass is 10.2. The quantitative estimate of drug-likeness (QED) is 0.627. The van der Waals surface area contributed by atoms with Crippen molar-refractivity contribution in [2.75, 3.05) is 0 Å². The molecule has 1 fully saturated rings. The molecule has 0 aliphatic carbocycles. The minimum Gasteiger partial charge on any atom is -0.269 e. The fourth-order valence-electron chi connectivity index (χ4n) is 1.82. The first-order chi connectivity index (χ1) is 7.91. The molecular weight excluding hydrogens is 242 g/mol. The number of aromatic nitrogens is 1. The lowest BCUT2D eigenvalue weighted by Gasteiger charge is -2.19. The number of amides is 4. The number of carbonyl (C=O) groups is 3. The van der Waals surface area contributed by atoms with E-state index in [4.69, 9.17) is 0 Å². The highest BCUT2D eigenvalue weighted by atomic mass is 32.1. The Labute approximate surface area is 102 Å². The Balaban J connectivity index is 2.35. The third-order valence-corrected chi connectivity index (χ3v) is 3.80. The summed E-state index contributed by atoms with van der Waals surface area (Å²) in [6.07, 6.45) is 0. The molecule has 4 amide bonds. The molecule has 0 radical (unpaired) electrons. The van der Waals surface area contributed by atoms with Crippen LogP contribution in [0.25, 0.3) is 0 Å². The van der Waals surface area contributed by atoms with E-state index >= 15 is 0 Å². The maximum atomic E-state index is 11.5. The molecule has 1 atom stereocenters. The van der Waals surface area contributed by atoms with Gasteiger partial charge in [-0.2, -0.15) is 0 Å². The fourth-order valence-corrected chi connectivity index (χ4v) is 2.79. The van der Waals surface area contributed by atoms with E-state index in [2.05, 4.69) is 4.98 Å². The van der Waals surface area contributed by atoms with Gasteiger partial charge in [0.1, 0.15) is 0 Å². The van der Waals surface area contributed by atoms with Crippen LogP contribution in [0.15, 0.2) is 0 Å². The van der Waals surface area contributed by atoms with Gasteiger partial charge in [-0.15, -0.1) is 11.3 Å². The Morgan fingerprint density at radius 1 is 1.29 bits per heavy atom. The molecule has 17 heavy (non-hydrogen) atoms. The van der Waals surface area contributed by atoms with Gasteiger partial charge in [0.15, 0.2) is 0 Å². The first kappa shape index (κ1) is 11.7. The van der Waals surface area contributed by atoms with E-state index in [1.54, 1.807) is 6.92 Å². The number of thiazole rings is 1. The maximum Gasteiger partial charge on any atom is 0.332 e. The summed E-state index contributed by atoms with van der Waals surface area (Å²) >= 11 is 1.42. The second kappa shape index (κ2) is 3.92. The number of rotatable bonds is 2. The van der Waals surface area contributed by atoms with Crippen LogP contribution in [-0.2, 0) is 9.59 Å². The van der Waals surface area contributed by atoms with Crippen LogP contribution in [0, 0.1) is 13.8 Å². The molecule has 1 aliphatic heterocycles. The van der Waals surface area contributed by atoms with Gasteiger partial charge < -0.3 is 0 Å². The van der Waals surface area contributed by atoms with Crippen LogP contribution in [0.4, 0.5) is 4.79 Å². The lowest BCUT2D eigenvalue weighted by molar-refractivity contribution is -0.141.